The molecule has 0 aliphatic rings. The molecule has 52 valence electrons. The Morgan fingerprint density at radius 1 is 1.78 bits per heavy atom. The molecule has 0 saturated carbocycles. The third-order valence-electron chi connectivity index (χ3n) is 0.795. The van der Waals surface area contributed by atoms with Crippen LogP contribution in [0.1, 0.15) is 19.8 Å². The van der Waals surface area contributed by atoms with E-state index < -0.39 is 0 Å². The van der Waals surface area contributed by atoms with E-state index in [4.69, 9.17) is 16.8 Å². The fraction of sp³-hybridized carbons (Fsp3) is 0.600. The van der Waals surface area contributed by atoms with E-state index in [0.29, 0.717) is 12.8 Å². The lowest BCUT2D eigenvalue weighted by molar-refractivity contribution is -0.112. The van der Waals surface area contributed by atoms with Crippen molar-refractivity contribution >= 4 is 22.6 Å². The van der Waals surface area contributed by atoms with E-state index in [-0.39, 0.29) is 11.0 Å². The molecule has 0 bridgehead atoms. The first-order valence-corrected chi connectivity index (χ1v) is 3.01. The normalized spacial score (nSPS) is 11.6. The minimum atomic E-state index is -0.336. The Bertz CT molecular complexity index is 133. The second-order valence-corrected chi connectivity index (χ2v) is 1.92. The maximum Gasteiger partial charge on any atom is 0.211 e. The molecule has 0 aliphatic carbocycles. The largest absolute Gasteiger partial charge is 0.410 e. The molecule has 0 aromatic rings. The molecule has 0 aromatic carbocycles. The quantitative estimate of drug-likeness (QED) is 0.375. The van der Waals surface area contributed by atoms with Crippen molar-refractivity contribution in [1.82, 2.24) is 0 Å². The Hall–Kier alpha value is -0.570. The second kappa shape index (κ2) is 4.32. The van der Waals surface area contributed by atoms with Crippen LogP contribution in [0, 0.1) is 0 Å². The molecule has 0 atom stereocenters. The number of carbonyl (C=O) groups is 1. The first-order chi connectivity index (χ1) is 4.22. The van der Waals surface area contributed by atoms with Crippen LogP contribution < -0.4 is 0 Å². The second-order valence-electron chi connectivity index (χ2n) is 1.56. The van der Waals surface area contributed by atoms with Gasteiger partial charge in [0, 0.05) is 6.42 Å². The van der Waals surface area contributed by atoms with Crippen molar-refractivity contribution in [3.8, 4) is 0 Å². The van der Waals surface area contributed by atoms with E-state index in [1.165, 1.54) is 0 Å². The average molecular weight is 150 g/mol. The van der Waals surface area contributed by atoms with Crippen LogP contribution in [0.15, 0.2) is 5.16 Å². The Kier molecular flexibility index (Phi) is 4.05. The summed E-state index contributed by atoms with van der Waals surface area (Å²) >= 11 is 5.14. The number of nitrogens with zero attached hydrogens (tertiary/aromatic N) is 1. The monoisotopic (exact) mass is 149 g/mol. The predicted molar refractivity (Wildman–Crippen MR) is 35.0 cm³/mol. The highest BCUT2D eigenvalue weighted by molar-refractivity contribution is 6.82. The zero-order valence-electron chi connectivity index (χ0n) is 5.09. The maximum absolute atomic E-state index is 10.6. The Balaban J connectivity index is 3.74. The van der Waals surface area contributed by atoms with Gasteiger partial charge in [-0.2, -0.15) is 0 Å². The van der Waals surface area contributed by atoms with Crippen LogP contribution in [0.4, 0.5) is 0 Å². The van der Waals surface area contributed by atoms with E-state index in [0.717, 1.165) is 0 Å². The minimum absolute atomic E-state index is 0.318. The zero-order chi connectivity index (χ0) is 7.28. The van der Waals surface area contributed by atoms with Crippen LogP contribution in [0.25, 0.3) is 0 Å². The molecule has 0 unspecified atom stereocenters. The summed E-state index contributed by atoms with van der Waals surface area (Å²) in [5, 5.41) is 10.2. The van der Waals surface area contributed by atoms with Crippen molar-refractivity contribution in [2.45, 2.75) is 19.8 Å². The SMILES string of the molecule is CCCC(=O)/C(Cl)=N/O. The molecule has 9 heavy (non-hydrogen) atoms. The van der Waals surface area contributed by atoms with Gasteiger partial charge in [-0.3, -0.25) is 4.79 Å². The first kappa shape index (κ1) is 8.43. The van der Waals surface area contributed by atoms with Crippen molar-refractivity contribution in [1.29, 1.82) is 0 Å². The van der Waals surface area contributed by atoms with Gasteiger partial charge in [-0.15, -0.1) is 0 Å². The lowest BCUT2D eigenvalue weighted by atomic mass is 10.2. The smallest absolute Gasteiger partial charge is 0.211 e. The molecule has 0 rings (SSSR count). The first-order valence-electron chi connectivity index (χ1n) is 2.63. The summed E-state index contributed by atoms with van der Waals surface area (Å²) in [6.45, 7) is 1.85. The summed E-state index contributed by atoms with van der Waals surface area (Å²) in [5.41, 5.74) is 0. The summed E-state index contributed by atoms with van der Waals surface area (Å²) < 4.78 is 0. The van der Waals surface area contributed by atoms with Gasteiger partial charge < -0.3 is 5.21 Å². The van der Waals surface area contributed by atoms with Crippen molar-refractivity contribution in [2.75, 3.05) is 0 Å². The Morgan fingerprint density at radius 2 is 2.33 bits per heavy atom. The highest BCUT2D eigenvalue weighted by Gasteiger charge is 2.05. The van der Waals surface area contributed by atoms with Crippen molar-refractivity contribution in [2.24, 2.45) is 5.16 Å². The van der Waals surface area contributed by atoms with E-state index in [2.05, 4.69) is 5.16 Å². The van der Waals surface area contributed by atoms with Crippen molar-refractivity contribution < 1.29 is 10.0 Å². The van der Waals surface area contributed by atoms with Crippen LogP contribution in [0.2, 0.25) is 0 Å². The zero-order valence-corrected chi connectivity index (χ0v) is 5.85. The summed E-state index contributed by atoms with van der Waals surface area (Å²) in [5.74, 6) is -0.318. The van der Waals surface area contributed by atoms with Gasteiger partial charge in [0.1, 0.15) is 0 Å². The van der Waals surface area contributed by atoms with Gasteiger partial charge in [0.15, 0.2) is 5.78 Å². The molecule has 0 fully saturated rings. The molecule has 4 heteroatoms. The van der Waals surface area contributed by atoms with E-state index >= 15 is 0 Å². The molecule has 0 spiro atoms. The number of Topliss-reactive ketones (excluding diaryl/α,β-unsaturated/α-hetero) is 1. The molecule has 0 aliphatic heterocycles. The van der Waals surface area contributed by atoms with Gasteiger partial charge in [-0.1, -0.05) is 23.7 Å². The van der Waals surface area contributed by atoms with Gasteiger partial charge in [-0.25, -0.2) is 0 Å². The maximum atomic E-state index is 10.6. The molecular weight excluding hydrogens is 142 g/mol. The number of ketones is 1. The summed E-state index contributed by atoms with van der Waals surface area (Å²) in [4.78, 5) is 10.6. The van der Waals surface area contributed by atoms with Crippen LogP contribution >= 0.6 is 11.6 Å². The fourth-order valence-electron chi connectivity index (χ4n) is 0.386. The number of rotatable bonds is 3. The molecule has 0 radical (unpaired) electrons. The van der Waals surface area contributed by atoms with Gasteiger partial charge in [0.25, 0.3) is 0 Å². The van der Waals surface area contributed by atoms with E-state index in [9.17, 15) is 4.79 Å². The third kappa shape index (κ3) is 3.08. The Morgan fingerprint density at radius 3 is 2.67 bits per heavy atom. The predicted octanol–water partition coefficient (Wildman–Crippen LogP) is 1.38. The summed E-state index contributed by atoms with van der Waals surface area (Å²) in [6, 6.07) is 0. The highest BCUT2D eigenvalue weighted by Crippen LogP contribution is 1.94. The molecule has 0 heterocycles. The van der Waals surface area contributed by atoms with Crippen molar-refractivity contribution in [3.05, 3.63) is 0 Å². The third-order valence-corrected chi connectivity index (χ3v) is 1.08. The van der Waals surface area contributed by atoms with Gasteiger partial charge >= 0.3 is 0 Å². The average Bonchev–Trinajstić information content (AvgIpc) is 1.87. The highest BCUT2D eigenvalue weighted by atomic mass is 35.5. The van der Waals surface area contributed by atoms with Gasteiger partial charge in [0.05, 0.1) is 0 Å². The molecule has 3 nitrogen and oxygen atoms in total. The topological polar surface area (TPSA) is 49.7 Å². The van der Waals surface area contributed by atoms with Crippen molar-refractivity contribution in [3.63, 3.8) is 0 Å². The van der Waals surface area contributed by atoms with Gasteiger partial charge in [-0.05, 0) is 6.42 Å². The minimum Gasteiger partial charge on any atom is -0.410 e. The van der Waals surface area contributed by atoms with E-state index in [1.807, 2.05) is 6.92 Å². The molecule has 0 saturated heterocycles. The number of oxime groups is 1. The fourth-order valence-corrected chi connectivity index (χ4v) is 0.480. The molecular formula is C5H8ClNO2. The van der Waals surface area contributed by atoms with Crippen LogP contribution in [0.3, 0.4) is 0 Å². The lowest BCUT2D eigenvalue weighted by Gasteiger charge is -1.89. The van der Waals surface area contributed by atoms with Crippen LogP contribution in [-0.4, -0.2) is 16.2 Å². The lowest BCUT2D eigenvalue weighted by Crippen LogP contribution is -2.05. The van der Waals surface area contributed by atoms with Gasteiger partial charge in [0.2, 0.25) is 5.17 Å². The number of carbonyl (C=O) groups excluding carboxylic acids is 1. The standard InChI is InChI=1S/C5H8ClNO2/c1-2-3-4(8)5(6)7-9/h9H,2-3H2,1H3/b7-5-. The number of hydrogen-bond acceptors (Lipinski definition) is 3. The summed E-state index contributed by atoms with van der Waals surface area (Å²) in [6.07, 6.45) is 1.05. The molecule has 0 aromatic heterocycles. The summed E-state index contributed by atoms with van der Waals surface area (Å²) in [7, 11) is 0. The van der Waals surface area contributed by atoms with Crippen LogP contribution in [-0.2, 0) is 4.79 Å². The number of halogens is 1. The molecule has 1 N–H and O–H groups in total. The number of hydrogen-bond donors (Lipinski definition) is 1. The van der Waals surface area contributed by atoms with Crippen LogP contribution in [0.5, 0.6) is 0 Å². The van der Waals surface area contributed by atoms with E-state index in [1.54, 1.807) is 0 Å². The molecule has 0 amide bonds. The Labute approximate surface area is 58.3 Å².